The normalized spacial score (nSPS) is 10.6. The van der Waals surface area contributed by atoms with Gasteiger partial charge in [-0.25, -0.2) is 0 Å². The fraction of sp³-hybridized carbons (Fsp3) is 0.294. The summed E-state index contributed by atoms with van der Waals surface area (Å²) in [5, 5.41) is 4.02. The number of ether oxygens (including phenoxy) is 1. The summed E-state index contributed by atoms with van der Waals surface area (Å²) in [7, 11) is 0. The summed E-state index contributed by atoms with van der Waals surface area (Å²) in [6.07, 6.45) is 0. The third-order valence-corrected chi connectivity index (χ3v) is 3.35. The van der Waals surface area contributed by atoms with Crippen molar-refractivity contribution >= 4 is 11.6 Å². The minimum absolute atomic E-state index is 0.557. The standard InChI is InChI=1S/C17H20ClNO/c1-3-19-11-14-5-4-6-15(9-14)12-20-17-10-16(18)8-7-13(17)2/h4-10,19H,3,11-12H2,1-2H3. The number of benzene rings is 2. The van der Waals surface area contributed by atoms with Crippen LogP contribution in [0.5, 0.6) is 5.75 Å². The van der Waals surface area contributed by atoms with Gasteiger partial charge in [0, 0.05) is 11.6 Å². The maximum absolute atomic E-state index is 5.99. The molecule has 0 aliphatic carbocycles. The smallest absolute Gasteiger partial charge is 0.124 e. The van der Waals surface area contributed by atoms with Crippen LogP contribution in [0.1, 0.15) is 23.6 Å². The molecule has 0 radical (unpaired) electrons. The molecule has 0 spiro atoms. The van der Waals surface area contributed by atoms with Gasteiger partial charge in [-0.15, -0.1) is 0 Å². The van der Waals surface area contributed by atoms with Crippen LogP contribution in [0.2, 0.25) is 5.02 Å². The maximum atomic E-state index is 5.99. The molecule has 2 aromatic carbocycles. The van der Waals surface area contributed by atoms with Crippen LogP contribution in [0.4, 0.5) is 0 Å². The van der Waals surface area contributed by atoms with Gasteiger partial charge in [0.25, 0.3) is 0 Å². The quantitative estimate of drug-likeness (QED) is 0.854. The first-order valence-corrected chi connectivity index (χ1v) is 7.24. The predicted octanol–water partition coefficient (Wildman–Crippen LogP) is 4.34. The molecule has 0 bridgehead atoms. The molecular formula is C17H20ClNO. The highest BCUT2D eigenvalue weighted by atomic mass is 35.5. The molecule has 20 heavy (non-hydrogen) atoms. The summed E-state index contributed by atoms with van der Waals surface area (Å²) < 4.78 is 5.86. The van der Waals surface area contributed by atoms with Gasteiger partial charge in [0.05, 0.1) is 0 Å². The van der Waals surface area contributed by atoms with Gasteiger partial charge in [-0.05, 0) is 42.3 Å². The molecule has 0 fully saturated rings. The highest BCUT2D eigenvalue weighted by Crippen LogP contribution is 2.23. The Morgan fingerprint density at radius 1 is 1.10 bits per heavy atom. The lowest BCUT2D eigenvalue weighted by atomic mass is 10.1. The van der Waals surface area contributed by atoms with Crippen molar-refractivity contribution < 1.29 is 4.74 Å². The molecule has 2 nitrogen and oxygen atoms in total. The van der Waals surface area contributed by atoms with E-state index in [0.717, 1.165) is 24.4 Å². The molecule has 0 heterocycles. The molecule has 0 aromatic heterocycles. The van der Waals surface area contributed by atoms with Crippen molar-refractivity contribution in [1.82, 2.24) is 5.32 Å². The van der Waals surface area contributed by atoms with E-state index in [-0.39, 0.29) is 0 Å². The number of rotatable bonds is 6. The molecule has 2 rings (SSSR count). The Bertz CT molecular complexity index is 569. The molecule has 0 unspecified atom stereocenters. The number of nitrogens with one attached hydrogen (secondary N) is 1. The van der Waals surface area contributed by atoms with Gasteiger partial charge >= 0.3 is 0 Å². The van der Waals surface area contributed by atoms with Crippen LogP contribution in [0, 0.1) is 6.92 Å². The van der Waals surface area contributed by atoms with Crippen LogP contribution in [-0.2, 0) is 13.2 Å². The Labute approximate surface area is 125 Å². The largest absolute Gasteiger partial charge is 0.489 e. The Morgan fingerprint density at radius 2 is 1.90 bits per heavy atom. The topological polar surface area (TPSA) is 21.3 Å². The first-order chi connectivity index (χ1) is 9.69. The van der Waals surface area contributed by atoms with Crippen LogP contribution in [0.3, 0.4) is 0 Å². The first-order valence-electron chi connectivity index (χ1n) is 6.86. The van der Waals surface area contributed by atoms with Gasteiger partial charge in [0.15, 0.2) is 0 Å². The average Bonchev–Trinajstić information content (AvgIpc) is 2.46. The van der Waals surface area contributed by atoms with Crippen molar-refractivity contribution in [3.05, 3.63) is 64.2 Å². The van der Waals surface area contributed by atoms with Gasteiger partial charge in [0.1, 0.15) is 12.4 Å². The van der Waals surface area contributed by atoms with Gasteiger partial charge in [-0.1, -0.05) is 48.9 Å². The summed E-state index contributed by atoms with van der Waals surface area (Å²) in [5.74, 6) is 0.842. The summed E-state index contributed by atoms with van der Waals surface area (Å²) in [4.78, 5) is 0. The van der Waals surface area contributed by atoms with Crippen molar-refractivity contribution in [1.29, 1.82) is 0 Å². The molecule has 0 saturated heterocycles. The molecule has 2 aromatic rings. The van der Waals surface area contributed by atoms with E-state index in [9.17, 15) is 0 Å². The zero-order valence-electron chi connectivity index (χ0n) is 11.9. The lowest BCUT2D eigenvalue weighted by Crippen LogP contribution is -2.11. The third kappa shape index (κ3) is 4.26. The van der Waals surface area contributed by atoms with Gasteiger partial charge in [-0.3, -0.25) is 0 Å². The fourth-order valence-electron chi connectivity index (χ4n) is 1.99. The Balaban J connectivity index is 2.01. The lowest BCUT2D eigenvalue weighted by molar-refractivity contribution is 0.304. The van der Waals surface area contributed by atoms with Crippen LogP contribution >= 0.6 is 11.6 Å². The van der Waals surface area contributed by atoms with E-state index in [0.29, 0.717) is 11.6 Å². The van der Waals surface area contributed by atoms with Gasteiger partial charge in [-0.2, -0.15) is 0 Å². The van der Waals surface area contributed by atoms with Crippen molar-refractivity contribution in [2.75, 3.05) is 6.54 Å². The zero-order valence-corrected chi connectivity index (χ0v) is 12.7. The summed E-state index contributed by atoms with van der Waals surface area (Å²) in [6.45, 7) is 6.55. The highest BCUT2D eigenvalue weighted by molar-refractivity contribution is 6.30. The van der Waals surface area contributed by atoms with E-state index in [2.05, 4.69) is 36.5 Å². The van der Waals surface area contributed by atoms with E-state index in [1.54, 1.807) is 0 Å². The Morgan fingerprint density at radius 3 is 2.70 bits per heavy atom. The van der Waals surface area contributed by atoms with Gasteiger partial charge in [0.2, 0.25) is 0 Å². The molecule has 106 valence electrons. The fourth-order valence-corrected chi connectivity index (χ4v) is 2.15. The molecular weight excluding hydrogens is 270 g/mol. The Kier molecular flexibility index (Phi) is 5.45. The zero-order chi connectivity index (χ0) is 14.4. The van der Waals surface area contributed by atoms with E-state index >= 15 is 0 Å². The summed E-state index contributed by atoms with van der Waals surface area (Å²) in [6, 6.07) is 14.1. The summed E-state index contributed by atoms with van der Waals surface area (Å²) in [5.41, 5.74) is 3.54. The van der Waals surface area contributed by atoms with E-state index in [4.69, 9.17) is 16.3 Å². The van der Waals surface area contributed by atoms with Crippen molar-refractivity contribution in [3.8, 4) is 5.75 Å². The second kappa shape index (κ2) is 7.32. The molecule has 0 aliphatic rings. The van der Waals surface area contributed by atoms with Crippen molar-refractivity contribution in [3.63, 3.8) is 0 Å². The average molecular weight is 290 g/mol. The number of hydrogen-bond donors (Lipinski definition) is 1. The van der Waals surface area contributed by atoms with E-state index in [1.165, 1.54) is 11.1 Å². The molecule has 0 atom stereocenters. The predicted molar refractivity (Wildman–Crippen MR) is 84.3 cm³/mol. The maximum Gasteiger partial charge on any atom is 0.124 e. The van der Waals surface area contributed by atoms with Crippen LogP contribution in [0.15, 0.2) is 42.5 Å². The number of aryl methyl sites for hydroxylation is 1. The van der Waals surface area contributed by atoms with E-state index < -0.39 is 0 Å². The number of hydrogen-bond acceptors (Lipinski definition) is 2. The van der Waals surface area contributed by atoms with Gasteiger partial charge < -0.3 is 10.1 Å². The molecule has 1 N–H and O–H groups in total. The van der Waals surface area contributed by atoms with Crippen LogP contribution in [0.25, 0.3) is 0 Å². The Hall–Kier alpha value is -1.51. The van der Waals surface area contributed by atoms with Crippen LogP contribution < -0.4 is 10.1 Å². The first kappa shape index (κ1) is 14.9. The monoisotopic (exact) mass is 289 g/mol. The second-order valence-electron chi connectivity index (χ2n) is 4.80. The highest BCUT2D eigenvalue weighted by Gasteiger charge is 2.02. The third-order valence-electron chi connectivity index (χ3n) is 3.12. The molecule has 0 amide bonds. The molecule has 0 aliphatic heterocycles. The van der Waals surface area contributed by atoms with E-state index in [1.807, 2.05) is 25.1 Å². The summed E-state index contributed by atoms with van der Waals surface area (Å²) >= 11 is 5.99. The number of halogens is 1. The molecule has 0 saturated carbocycles. The molecule has 3 heteroatoms. The minimum Gasteiger partial charge on any atom is -0.489 e. The second-order valence-corrected chi connectivity index (χ2v) is 5.24. The SMILES string of the molecule is CCNCc1cccc(COc2cc(Cl)ccc2C)c1. The van der Waals surface area contributed by atoms with Crippen LogP contribution in [-0.4, -0.2) is 6.54 Å². The van der Waals surface area contributed by atoms with Crippen molar-refractivity contribution in [2.24, 2.45) is 0 Å². The lowest BCUT2D eigenvalue weighted by Gasteiger charge is -2.10. The van der Waals surface area contributed by atoms with Crippen molar-refractivity contribution in [2.45, 2.75) is 27.0 Å². The minimum atomic E-state index is 0.557.